The van der Waals surface area contributed by atoms with Crippen molar-refractivity contribution in [1.82, 2.24) is 4.98 Å². The number of pyridine rings is 1. The summed E-state index contributed by atoms with van der Waals surface area (Å²) in [6, 6.07) is 15.9. The molecule has 1 amide bonds. The zero-order valence-corrected chi connectivity index (χ0v) is 17.2. The molecular weight excluding hydrogens is 360 g/mol. The molecule has 1 heterocycles. The van der Waals surface area contributed by atoms with Crippen molar-refractivity contribution >= 4 is 22.5 Å². The topological polar surface area (TPSA) is 53.2 Å². The van der Waals surface area contributed by atoms with Crippen LogP contribution in [-0.4, -0.2) is 10.9 Å². The predicted molar refractivity (Wildman–Crippen MR) is 118 cm³/mol. The van der Waals surface area contributed by atoms with Gasteiger partial charge in [0.2, 0.25) is 5.91 Å². The van der Waals surface area contributed by atoms with Crippen LogP contribution in [-0.2, 0) is 11.3 Å². The molecule has 29 heavy (non-hydrogen) atoms. The molecule has 1 aliphatic rings. The summed E-state index contributed by atoms with van der Waals surface area (Å²) in [6.07, 6.45) is 5.29. The number of fused-ring (bicyclic) bond motifs is 1. The molecule has 150 valence electrons. The molecule has 0 spiro atoms. The largest absolute Gasteiger partial charge is 0.322 e. The first kappa shape index (κ1) is 19.4. The molecule has 4 nitrogen and oxygen atoms in total. The van der Waals surface area contributed by atoms with E-state index in [4.69, 9.17) is 0 Å². The first-order valence-corrected chi connectivity index (χ1v) is 10.5. The van der Waals surface area contributed by atoms with E-state index in [1.54, 1.807) is 0 Å². The third-order valence-electron chi connectivity index (χ3n) is 6.03. The van der Waals surface area contributed by atoms with Crippen LogP contribution in [0.3, 0.4) is 0 Å². The quantitative estimate of drug-likeness (QED) is 0.663. The summed E-state index contributed by atoms with van der Waals surface area (Å²) in [4.78, 5) is 31.1. The van der Waals surface area contributed by atoms with Crippen molar-refractivity contribution in [3.8, 4) is 0 Å². The monoisotopic (exact) mass is 388 g/mol. The minimum atomic E-state index is -0.127. The fraction of sp³-hybridized carbons (Fsp3) is 0.360. The zero-order chi connectivity index (χ0) is 20.4. The number of aryl methyl sites for hydroxylation is 2. The number of hydrogen-bond acceptors (Lipinski definition) is 2. The van der Waals surface area contributed by atoms with Gasteiger partial charge in [-0.1, -0.05) is 49.6 Å². The molecule has 3 aromatic rings. The van der Waals surface area contributed by atoms with E-state index >= 15 is 0 Å². The van der Waals surface area contributed by atoms with Crippen LogP contribution < -0.4 is 10.5 Å². The number of benzene rings is 2. The van der Waals surface area contributed by atoms with Gasteiger partial charge in [0.05, 0.1) is 6.54 Å². The van der Waals surface area contributed by atoms with Crippen molar-refractivity contribution in [2.45, 2.75) is 52.5 Å². The van der Waals surface area contributed by atoms with E-state index in [9.17, 15) is 9.59 Å². The number of carbonyl (C=O) groups is 1. The summed E-state index contributed by atoms with van der Waals surface area (Å²) >= 11 is 0. The molecule has 0 unspecified atom stereocenters. The van der Waals surface area contributed by atoms with Crippen LogP contribution in [0.25, 0.3) is 10.9 Å². The van der Waals surface area contributed by atoms with Gasteiger partial charge in [0.15, 0.2) is 0 Å². The highest BCUT2D eigenvalue weighted by Gasteiger charge is 2.28. The maximum atomic E-state index is 13.5. The summed E-state index contributed by atoms with van der Waals surface area (Å²) in [6.45, 7) is 4.32. The van der Waals surface area contributed by atoms with Gasteiger partial charge in [-0.3, -0.25) is 9.59 Å². The van der Waals surface area contributed by atoms with Gasteiger partial charge in [-0.25, -0.2) is 0 Å². The Bertz CT molecular complexity index is 1090. The number of aromatic amines is 1. The van der Waals surface area contributed by atoms with E-state index in [0.29, 0.717) is 12.1 Å². The second kappa shape index (κ2) is 8.24. The Morgan fingerprint density at radius 3 is 2.55 bits per heavy atom. The highest BCUT2D eigenvalue weighted by atomic mass is 16.2. The number of carbonyl (C=O) groups excluding carboxylic acids is 1. The van der Waals surface area contributed by atoms with Crippen LogP contribution in [0.2, 0.25) is 0 Å². The number of amides is 1. The molecule has 4 heteroatoms. The van der Waals surface area contributed by atoms with E-state index in [1.165, 1.54) is 6.42 Å². The highest BCUT2D eigenvalue weighted by molar-refractivity contribution is 5.95. The van der Waals surface area contributed by atoms with Crippen molar-refractivity contribution in [3.63, 3.8) is 0 Å². The molecule has 0 aliphatic heterocycles. The molecule has 2 aromatic carbocycles. The number of anilines is 1. The highest BCUT2D eigenvalue weighted by Crippen LogP contribution is 2.30. The van der Waals surface area contributed by atoms with Gasteiger partial charge in [0, 0.05) is 22.7 Å². The van der Waals surface area contributed by atoms with E-state index in [-0.39, 0.29) is 17.4 Å². The number of H-pyrrole nitrogens is 1. The molecule has 1 N–H and O–H groups in total. The lowest BCUT2D eigenvalue weighted by atomic mass is 9.88. The van der Waals surface area contributed by atoms with Gasteiger partial charge in [-0.05, 0) is 61.4 Å². The number of aromatic nitrogens is 1. The van der Waals surface area contributed by atoms with Gasteiger partial charge < -0.3 is 9.88 Å². The van der Waals surface area contributed by atoms with Crippen molar-refractivity contribution in [1.29, 1.82) is 0 Å². The van der Waals surface area contributed by atoms with E-state index in [2.05, 4.69) is 4.98 Å². The maximum absolute atomic E-state index is 13.5. The van der Waals surface area contributed by atoms with E-state index in [0.717, 1.165) is 53.4 Å². The smallest absolute Gasteiger partial charge is 0.253 e. The average molecular weight is 389 g/mol. The van der Waals surface area contributed by atoms with E-state index < -0.39 is 0 Å². The molecule has 1 aliphatic carbocycles. The third kappa shape index (κ3) is 4.12. The van der Waals surface area contributed by atoms with E-state index in [1.807, 2.05) is 67.3 Å². The molecule has 0 atom stereocenters. The fourth-order valence-electron chi connectivity index (χ4n) is 4.37. The predicted octanol–water partition coefficient (Wildman–Crippen LogP) is 5.26. The third-order valence-corrected chi connectivity index (χ3v) is 6.03. The van der Waals surface area contributed by atoms with Crippen molar-refractivity contribution < 1.29 is 4.79 Å². The molecule has 0 radical (unpaired) electrons. The first-order valence-electron chi connectivity index (χ1n) is 10.5. The summed E-state index contributed by atoms with van der Waals surface area (Å²) in [5, 5.41) is 0.986. The van der Waals surface area contributed by atoms with Gasteiger partial charge in [-0.15, -0.1) is 0 Å². The first-order chi connectivity index (χ1) is 14.0. The number of nitrogens with one attached hydrogen (secondary N) is 1. The SMILES string of the molecule is Cc1ccc2cc(CN(C(=O)C3CCCCC3)c3ccccc3C)c(=O)[nH]c2c1. The standard InChI is InChI=1S/C25H28N2O2/c1-17-12-13-20-15-21(24(28)26-22(20)14-17)16-27(23-11-7-6-8-18(23)2)25(29)19-9-4-3-5-10-19/h6-8,11-15,19H,3-5,9-10,16H2,1-2H3,(H,26,28). The molecule has 1 aromatic heterocycles. The molecule has 4 rings (SSSR count). The lowest BCUT2D eigenvalue weighted by molar-refractivity contribution is -0.123. The molecule has 1 fully saturated rings. The van der Waals surface area contributed by atoms with Crippen LogP contribution >= 0.6 is 0 Å². The maximum Gasteiger partial charge on any atom is 0.253 e. The van der Waals surface area contributed by atoms with Gasteiger partial charge in [0.25, 0.3) is 5.56 Å². The Labute approximate surface area is 171 Å². The molecule has 0 bridgehead atoms. The van der Waals surface area contributed by atoms with Crippen molar-refractivity contribution in [2.75, 3.05) is 4.90 Å². The zero-order valence-electron chi connectivity index (χ0n) is 17.2. The number of rotatable bonds is 4. The second-order valence-electron chi connectivity index (χ2n) is 8.26. The van der Waals surface area contributed by atoms with Gasteiger partial charge in [0.1, 0.15) is 0 Å². The van der Waals surface area contributed by atoms with Crippen molar-refractivity contribution in [3.05, 3.63) is 75.6 Å². The van der Waals surface area contributed by atoms with Crippen LogP contribution in [0.4, 0.5) is 5.69 Å². The Hall–Kier alpha value is -2.88. The van der Waals surface area contributed by atoms with Crippen molar-refractivity contribution in [2.24, 2.45) is 5.92 Å². The number of para-hydroxylation sites is 1. The van der Waals surface area contributed by atoms with Crippen LogP contribution in [0.1, 0.15) is 48.8 Å². The Morgan fingerprint density at radius 2 is 1.79 bits per heavy atom. The lowest BCUT2D eigenvalue weighted by Crippen LogP contribution is -2.38. The van der Waals surface area contributed by atoms with Gasteiger partial charge in [-0.2, -0.15) is 0 Å². The number of hydrogen-bond donors (Lipinski definition) is 1. The Kier molecular flexibility index (Phi) is 5.52. The normalized spacial score (nSPS) is 14.8. The molecule has 1 saturated carbocycles. The molecule has 0 saturated heterocycles. The number of nitrogens with zero attached hydrogens (tertiary/aromatic N) is 1. The van der Waals surface area contributed by atoms with Gasteiger partial charge >= 0.3 is 0 Å². The van der Waals surface area contributed by atoms with Crippen LogP contribution in [0, 0.1) is 19.8 Å². The Balaban J connectivity index is 1.73. The minimum Gasteiger partial charge on any atom is -0.322 e. The molecular formula is C25H28N2O2. The lowest BCUT2D eigenvalue weighted by Gasteiger charge is -2.30. The second-order valence-corrected chi connectivity index (χ2v) is 8.26. The summed E-state index contributed by atoms with van der Waals surface area (Å²) in [7, 11) is 0. The summed E-state index contributed by atoms with van der Waals surface area (Å²) < 4.78 is 0. The fourth-order valence-corrected chi connectivity index (χ4v) is 4.37. The average Bonchev–Trinajstić information content (AvgIpc) is 2.73. The summed E-state index contributed by atoms with van der Waals surface area (Å²) in [5.41, 5.74) is 4.37. The van der Waals surface area contributed by atoms with Crippen LogP contribution in [0.15, 0.2) is 53.3 Å². The minimum absolute atomic E-state index is 0.0468. The Morgan fingerprint density at radius 1 is 1.03 bits per heavy atom. The summed E-state index contributed by atoms with van der Waals surface area (Å²) in [5.74, 6) is 0.188. The van der Waals surface area contributed by atoms with Crippen LogP contribution in [0.5, 0.6) is 0 Å².